The second kappa shape index (κ2) is 11.3. The highest BCUT2D eigenvalue weighted by Crippen LogP contribution is 2.37. The SMILES string of the molecule is Cc1cc(-c2c(C#N)c(NCCCO)nc(SCc3csc(-c4ccc(Cl)cc4)n3)c2C#N)n[nH]1. The number of thioether (sulfide) groups is 1. The maximum atomic E-state index is 10.0. The lowest BCUT2D eigenvalue weighted by Crippen LogP contribution is -2.10. The average Bonchev–Trinajstić information content (AvgIpc) is 3.52. The number of aliphatic hydroxyl groups excluding tert-OH is 1. The zero-order chi connectivity index (χ0) is 24.8. The van der Waals surface area contributed by atoms with Crippen molar-refractivity contribution in [2.75, 3.05) is 18.5 Å². The number of rotatable bonds is 9. The summed E-state index contributed by atoms with van der Waals surface area (Å²) in [5.41, 5.74) is 4.12. The van der Waals surface area contributed by atoms with Gasteiger partial charge >= 0.3 is 0 Å². The first-order valence-electron chi connectivity index (χ1n) is 10.6. The number of aromatic amines is 1. The van der Waals surface area contributed by atoms with Gasteiger partial charge in [0.25, 0.3) is 0 Å². The van der Waals surface area contributed by atoms with Crippen molar-refractivity contribution in [2.24, 2.45) is 0 Å². The number of hydrogen-bond acceptors (Lipinski definition) is 9. The molecule has 0 aliphatic carbocycles. The Morgan fingerprint density at radius 3 is 2.60 bits per heavy atom. The summed E-state index contributed by atoms with van der Waals surface area (Å²) in [5.74, 6) is 0.852. The zero-order valence-electron chi connectivity index (χ0n) is 18.7. The van der Waals surface area contributed by atoms with Crippen LogP contribution >= 0.6 is 34.7 Å². The lowest BCUT2D eigenvalue weighted by molar-refractivity contribution is 0.292. The molecule has 3 aromatic heterocycles. The molecule has 0 fully saturated rings. The molecule has 0 spiro atoms. The Bertz CT molecular complexity index is 1420. The van der Waals surface area contributed by atoms with Crippen molar-refractivity contribution < 1.29 is 5.11 Å². The monoisotopic (exact) mass is 521 g/mol. The van der Waals surface area contributed by atoms with Crippen LogP contribution in [0.25, 0.3) is 21.8 Å². The molecule has 0 amide bonds. The number of hydrogen-bond donors (Lipinski definition) is 3. The molecular weight excluding hydrogens is 502 g/mol. The molecule has 4 aromatic rings. The highest BCUT2D eigenvalue weighted by Gasteiger charge is 2.23. The van der Waals surface area contributed by atoms with E-state index in [-0.39, 0.29) is 12.2 Å². The summed E-state index contributed by atoms with van der Waals surface area (Å²) in [6.45, 7) is 2.30. The highest BCUT2D eigenvalue weighted by atomic mass is 35.5. The fraction of sp³-hybridized carbons (Fsp3) is 0.208. The molecule has 0 unspecified atom stereocenters. The summed E-state index contributed by atoms with van der Waals surface area (Å²) in [5, 5.41) is 43.4. The predicted molar refractivity (Wildman–Crippen MR) is 138 cm³/mol. The van der Waals surface area contributed by atoms with Gasteiger partial charge in [0.15, 0.2) is 0 Å². The number of aliphatic hydroxyl groups is 1. The predicted octanol–water partition coefficient (Wildman–Crippen LogP) is 5.39. The van der Waals surface area contributed by atoms with E-state index in [0.29, 0.717) is 51.4 Å². The van der Waals surface area contributed by atoms with E-state index < -0.39 is 0 Å². The van der Waals surface area contributed by atoms with Gasteiger partial charge in [-0.05, 0) is 31.5 Å². The molecule has 3 heterocycles. The van der Waals surface area contributed by atoms with E-state index in [1.54, 1.807) is 6.07 Å². The van der Waals surface area contributed by atoms with E-state index in [1.807, 2.05) is 36.6 Å². The van der Waals surface area contributed by atoms with Crippen molar-refractivity contribution >= 4 is 40.5 Å². The van der Waals surface area contributed by atoms with Crippen LogP contribution in [0.3, 0.4) is 0 Å². The van der Waals surface area contributed by atoms with Crippen LogP contribution in [0, 0.1) is 29.6 Å². The highest BCUT2D eigenvalue weighted by molar-refractivity contribution is 7.98. The second-order valence-corrected chi connectivity index (χ2v) is 9.75. The van der Waals surface area contributed by atoms with Crippen LogP contribution < -0.4 is 5.32 Å². The molecule has 3 N–H and O–H groups in total. The normalized spacial score (nSPS) is 10.7. The number of halogens is 1. The van der Waals surface area contributed by atoms with Crippen LogP contribution in [0.4, 0.5) is 5.82 Å². The number of H-pyrrole nitrogens is 1. The number of nitrogens with zero attached hydrogens (tertiary/aromatic N) is 5. The fourth-order valence-corrected chi connectivity index (χ4v) is 5.28. The molecule has 0 atom stereocenters. The molecule has 4 rings (SSSR count). The number of anilines is 1. The summed E-state index contributed by atoms with van der Waals surface area (Å²) in [6.07, 6.45) is 0.498. The van der Waals surface area contributed by atoms with E-state index >= 15 is 0 Å². The van der Waals surface area contributed by atoms with E-state index in [1.165, 1.54) is 23.1 Å². The first-order chi connectivity index (χ1) is 17.0. The third kappa shape index (κ3) is 5.64. The quantitative estimate of drug-likeness (QED) is 0.197. The van der Waals surface area contributed by atoms with E-state index in [9.17, 15) is 10.5 Å². The third-order valence-electron chi connectivity index (χ3n) is 4.98. The van der Waals surface area contributed by atoms with Crippen molar-refractivity contribution in [1.29, 1.82) is 10.5 Å². The van der Waals surface area contributed by atoms with Gasteiger partial charge in [-0.2, -0.15) is 15.6 Å². The first-order valence-corrected chi connectivity index (χ1v) is 12.9. The Balaban J connectivity index is 1.68. The molecule has 0 saturated heterocycles. The maximum absolute atomic E-state index is 10.0. The van der Waals surface area contributed by atoms with Crippen molar-refractivity contribution in [3.8, 4) is 34.0 Å². The maximum Gasteiger partial charge on any atom is 0.146 e. The standard InChI is InChI=1S/C24H20ClN7OS2/c1-14-9-20(32-31-14)21-18(10-26)22(28-7-2-8-33)30-24(19(21)11-27)35-13-17-12-34-23(29-17)15-3-5-16(25)6-4-15/h3-6,9,12,33H,2,7-8,13H2,1H3,(H,28,30)(H,31,32). The lowest BCUT2D eigenvalue weighted by atomic mass is 10.0. The van der Waals surface area contributed by atoms with Crippen LogP contribution in [-0.4, -0.2) is 38.4 Å². The van der Waals surface area contributed by atoms with Gasteiger partial charge in [-0.15, -0.1) is 11.3 Å². The summed E-state index contributed by atoms with van der Waals surface area (Å²) in [4.78, 5) is 9.33. The molecule has 8 nitrogen and oxygen atoms in total. The number of aromatic nitrogens is 4. The van der Waals surface area contributed by atoms with Crippen molar-refractivity contribution in [1.82, 2.24) is 20.2 Å². The van der Waals surface area contributed by atoms with Crippen molar-refractivity contribution in [2.45, 2.75) is 24.1 Å². The topological polar surface area (TPSA) is 134 Å². The first kappa shape index (κ1) is 24.7. The van der Waals surface area contributed by atoms with Crippen LogP contribution in [0.5, 0.6) is 0 Å². The molecule has 0 bridgehead atoms. The van der Waals surface area contributed by atoms with Gasteiger partial charge in [0, 0.05) is 46.1 Å². The number of aryl methyl sites for hydroxylation is 1. The fourth-order valence-electron chi connectivity index (χ4n) is 3.34. The Kier molecular flexibility index (Phi) is 8.01. The third-order valence-corrected chi connectivity index (χ3v) is 7.18. The molecule has 11 heteroatoms. The number of nitriles is 2. The Morgan fingerprint density at radius 2 is 1.94 bits per heavy atom. The average molecular weight is 522 g/mol. The zero-order valence-corrected chi connectivity index (χ0v) is 21.1. The minimum atomic E-state index is 0.0119. The molecular formula is C24H20ClN7OS2. The Labute approximate surface area is 215 Å². The number of pyridine rings is 1. The van der Waals surface area contributed by atoms with Crippen molar-refractivity contribution in [3.63, 3.8) is 0 Å². The minimum absolute atomic E-state index is 0.0119. The Morgan fingerprint density at radius 1 is 1.17 bits per heavy atom. The van der Waals surface area contributed by atoms with Gasteiger partial charge in [-0.1, -0.05) is 35.5 Å². The number of nitrogens with one attached hydrogen (secondary N) is 2. The van der Waals surface area contributed by atoms with E-state index in [4.69, 9.17) is 21.7 Å². The van der Waals surface area contributed by atoms with Crippen LogP contribution in [0.15, 0.2) is 40.7 Å². The van der Waals surface area contributed by atoms with Crippen molar-refractivity contribution in [3.05, 3.63) is 63.2 Å². The van der Waals surface area contributed by atoms with Gasteiger partial charge in [-0.25, -0.2) is 9.97 Å². The molecule has 35 heavy (non-hydrogen) atoms. The minimum Gasteiger partial charge on any atom is -0.396 e. The Hall–Kier alpha value is -3.41. The summed E-state index contributed by atoms with van der Waals surface area (Å²) in [7, 11) is 0. The van der Waals surface area contributed by atoms with Gasteiger partial charge in [-0.3, -0.25) is 5.10 Å². The number of thiazole rings is 1. The van der Waals surface area contributed by atoms with Gasteiger partial charge in [0.05, 0.1) is 17.0 Å². The summed E-state index contributed by atoms with van der Waals surface area (Å²) in [6, 6.07) is 13.7. The number of benzene rings is 1. The van der Waals surface area contributed by atoms with E-state index in [2.05, 4.69) is 32.6 Å². The van der Waals surface area contributed by atoms with Crippen LogP contribution in [0.1, 0.15) is 28.9 Å². The van der Waals surface area contributed by atoms with Gasteiger partial charge in [0.2, 0.25) is 0 Å². The van der Waals surface area contributed by atoms with Gasteiger partial charge in [0.1, 0.15) is 33.6 Å². The lowest BCUT2D eigenvalue weighted by Gasteiger charge is -2.14. The molecule has 0 aliphatic heterocycles. The largest absolute Gasteiger partial charge is 0.396 e. The molecule has 176 valence electrons. The van der Waals surface area contributed by atoms with E-state index in [0.717, 1.165) is 22.0 Å². The van der Waals surface area contributed by atoms with Crippen LogP contribution in [-0.2, 0) is 5.75 Å². The summed E-state index contributed by atoms with van der Waals surface area (Å²) >= 11 is 8.90. The molecule has 0 aliphatic rings. The second-order valence-electron chi connectivity index (χ2n) is 7.49. The summed E-state index contributed by atoms with van der Waals surface area (Å²) < 4.78 is 0. The molecule has 0 radical (unpaired) electrons. The smallest absolute Gasteiger partial charge is 0.146 e. The molecule has 1 aromatic carbocycles. The molecule has 0 saturated carbocycles. The van der Waals surface area contributed by atoms with Crippen LogP contribution in [0.2, 0.25) is 5.02 Å². The van der Waals surface area contributed by atoms with Gasteiger partial charge < -0.3 is 10.4 Å².